The quantitative estimate of drug-likeness (QED) is 0.794. The first-order chi connectivity index (χ1) is 7.63. The molecule has 0 amide bonds. The van der Waals surface area contributed by atoms with E-state index in [1.807, 2.05) is 31.2 Å². The maximum Gasteiger partial charge on any atom is 0.133 e. The fraction of sp³-hybridized carbons (Fsp3) is 0.462. The monoisotopic (exact) mass is 284 g/mol. The van der Waals surface area contributed by atoms with Crippen LogP contribution in [0.2, 0.25) is 0 Å². The molecular formula is C13H17BrO2. The van der Waals surface area contributed by atoms with Crippen LogP contribution in [0.1, 0.15) is 26.7 Å². The van der Waals surface area contributed by atoms with E-state index in [1.54, 1.807) is 6.92 Å². The van der Waals surface area contributed by atoms with Gasteiger partial charge in [0.2, 0.25) is 0 Å². The number of hydrogen-bond donors (Lipinski definition) is 0. The van der Waals surface area contributed by atoms with Gasteiger partial charge < -0.3 is 4.74 Å². The summed E-state index contributed by atoms with van der Waals surface area (Å²) < 4.78 is 6.61. The molecule has 0 aliphatic carbocycles. The third-order valence-electron chi connectivity index (χ3n) is 2.62. The molecule has 0 heterocycles. The standard InChI is InChI=1S/C13H17BrO2/c1-3-11(10(2)15)8-9-16-13-6-4-12(14)5-7-13/h4-7,11H,3,8-9H2,1-2H3. The van der Waals surface area contributed by atoms with E-state index in [9.17, 15) is 4.79 Å². The van der Waals surface area contributed by atoms with Crippen LogP contribution in [0.15, 0.2) is 28.7 Å². The fourth-order valence-corrected chi connectivity index (χ4v) is 1.81. The molecule has 1 atom stereocenters. The molecule has 1 rings (SSSR count). The number of carbonyl (C=O) groups excluding carboxylic acids is 1. The topological polar surface area (TPSA) is 26.3 Å². The zero-order valence-corrected chi connectivity index (χ0v) is 11.3. The number of ketones is 1. The summed E-state index contributed by atoms with van der Waals surface area (Å²) in [5, 5.41) is 0. The van der Waals surface area contributed by atoms with Crippen molar-refractivity contribution >= 4 is 21.7 Å². The minimum absolute atomic E-state index is 0.135. The van der Waals surface area contributed by atoms with Crippen LogP contribution in [-0.4, -0.2) is 12.4 Å². The summed E-state index contributed by atoms with van der Waals surface area (Å²) in [7, 11) is 0. The third kappa shape index (κ3) is 4.35. The second-order valence-electron chi connectivity index (χ2n) is 3.81. The van der Waals surface area contributed by atoms with Crippen LogP contribution in [0.5, 0.6) is 5.75 Å². The number of Topliss-reactive ketones (excluding diaryl/α,β-unsaturated/α-hetero) is 1. The molecule has 88 valence electrons. The van der Waals surface area contributed by atoms with Crippen molar-refractivity contribution in [2.24, 2.45) is 5.92 Å². The highest BCUT2D eigenvalue weighted by Crippen LogP contribution is 2.17. The molecule has 1 aromatic carbocycles. The second-order valence-corrected chi connectivity index (χ2v) is 4.72. The number of carbonyl (C=O) groups is 1. The average molecular weight is 285 g/mol. The number of halogens is 1. The van der Waals surface area contributed by atoms with Crippen LogP contribution in [0, 0.1) is 5.92 Å². The van der Waals surface area contributed by atoms with Gasteiger partial charge in [-0.25, -0.2) is 0 Å². The summed E-state index contributed by atoms with van der Waals surface area (Å²) in [4.78, 5) is 11.2. The van der Waals surface area contributed by atoms with Crippen molar-refractivity contribution in [2.75, 3.05) is 6.61 Å². The van der Waals surface area contributed by atoms with Crippen molar-refractivity contribution in [3.05, 3.63) is 28.7 Å². The number of benzene rings is 1. The van der Waals surface area contributed by atoms with Gasteiger partial charge in [0.25, 0.3) is 0 Å². The number of hydrogen-bond acceptors (Lipinski definition) is 2. The van der Waals surface area contributed by atoms with E-state index in [0.29, 0.717) is 6.61 Å². The molecular weight excluding hydrogens is 268 g/mol. The lowest BCUT2D eigenvalue weighted by molar-refractivity contribution is -0.121. The summed E-state index contributed by atoms with van der Waals surface area (Å²) in [6, 6.07) is 7.72. The van der Waals surface area contributed by atoms with E-state index in [2.05, 4.69) is 15.9 Å². The molecule has 1 unspecified atom stereocenters. The highest BCUT2D eigenvalue weighted by atomic mass is 79.9. The van der Waals surface area contributed by atoms with E-state index in [1.165, 1.54) is 0 Å². The van der Waals surface area contributed by atoms with Gasteiger partial charge in [0.05, 0.1) is 6.61 Å². The predicted molar refractivity (Wildman–Crippen MR) is 68.7 cm³/mol. The molecule has 0 fully saturated rings. The lowest BCUT2D eigenvalue weighted by Gasteiger charge is -2.11. The normalized spacial score (nSPS) is 12.2. The van der Waals surface area contributed by atoms with Crippen molar-refractivity contribution in [3.63, 3.8) is 0 Å². The van der Waals surface area contributed by atoms with E-state index in [4.69, 9.17) is 4.74 Å². The number of ether oxygens (including phenoxy) is 1. The molecule has 2 nitrogen and oxygen atoms in total. The Morgan fingerprint density at radius 1 is 1.38 bits per heavy atom. The zero-order chi connectivity index (χ0) is 12.0. The molecule has 0 aliphatic heterocycles. The predicted octanol–water partition coefficient (Wildman–Crippen LogP) is 3.83. The highest BCUT2D eigenvalue weighted by Gasteiger charge is 2.11. The van der Waals surface area contributed by atoms with E-state index >= 15 is 0 Å². The maximum atomic E-state index is 11.2. The van der Waals surface area contributed by atoms with Gasteiger partial charge in [-0.3, -0.25) is 4.79 Å². The van der Waals surface area contributed by atoms with Crippen molar-refractivity contribution in [1.29, 1.82) is 0 Å². The van der Waals surface area contributed by atoms with Gasteiger partial charge in [0, 0.05) is 10.4 Å². The molecule has 3 heteroatoms. The molecule has 0 N–H and O–H groups in total. The Balaban J connectivity index is 2.35. The summed E-state index contributed by atoms with van der Waals surface area (Å²) in [5.74, 6) is 1.24. The summed E-state index contributed by atoms with van der Waals surface area (Å²) in [6.45, 7) is 4.28. The summed E-state index contributed by atoms with van der Waals surface area (Å²) >= 11 is 3.37. The van der Waals surface area contributed by atoms with Gasteiger partial charge in [-0.2, -0.15) is 0 Å². The Morgan fingerprint density at radius 2 is 2.00 bits per heavy atom. The van der Waals surface area contributed by atoms with Crippen molar-refractivity contribution < 1.29 is 9.53 Å². The molecule has 16 heavy (non-hydrogen) atoms. The lowest BCUT2D eigenvalue weighted by atomic mass is 9.99. The van der Waals surface area contributed by atoms with E-state index in [-0.39, 0.29) is 11.7 Å². The van der Waals surface area contributed by atoms with E-state index < -0.39 is 0 Å². The van der Waals surface area contributed by atoms with Crippen molar-refractivity contribution in [3.8, 4) is 5.75 Å². The van der Waals surface area contributed by atoms with Gasteiger partial charge in [-0.15, -0.1) is 0 Å². The van der Waals surface area contributed by atoms with Crippen LogP contribution >= 0.6 is 15.9 Å². The molecule has 0 saturated heterocycles. The van der Waals surface area contributed by atoms with Gasteiger partial charge in [0.1, 0.15) is 11.5 Å². The van der Waals surface area contributed by atoms with Crippen LogP contribution in [0.25, 0.3) is 0 Å². The SMILES string of the molecule is CCC(CCOc1ccc(Br)cc1)C(C)=O. The largest absolute Gasteiger partial charge is 0.494 e. The van der Waals surface area contributed by atoms with Gasteiger partial charge in [-0.05, 0) is 44.0 Å². The van der Waals surface area contributed by atoms with Crippen LogP contribution in [-0.2, 0) is 4.79 Å². The fourth-order valence-electron chi connectivity index (χ4n) is 1.54. The summed E-state index contributed by atoms with van der Waals surface area (Å²) in [5.41, 5.74) is 0. The van der Waals surface area contributed by atoms with E-state index in [0.717, 1.165) is 23.1 Å². The molecule has 0 aliphatic rings. The minimum atomic E-state index is 0.135. The van der Waals surface area contributed by atoms with Crippen molar-refractivity contribution in [1.82, 2.24) is 0 Å². The highest BCUT2D eigenvalue weighted by molar-refractivity contribution is 9.10. The van der Waals surface area contributed by atoms with Gasteiger partial charge in [-0.1, -0.05) is 22.9 Å². The van der Waals surface area contributed by atoms with Crippen LogP contribution in [0.4, 0.5) is 0 Å². The molecule has 1 aromatic rings. The minimum Gasteiger partial charge on any atom is -0.494 e. The Kier molecular flexibility index (Phi) is 5.53. The molecule has 0 radical (unpaired) electrons. The van der Waals surface area contributed by atoms with Gasteiger partial charge in [0.15, 0.2) is 0 Å². The molecule has 0 bridgehead atoms. The maximum absolute atomic E-state index is 11.2. The molecule has 0 spiro atoms. The first-order valence-electron chi connectivity index (χ1n) is 5.52. The Bertz CT molecular complexity index is 332. The first-order valence-corrected chi connectivity index (χ1v) is 6.31. The average Bonchev–Trinajstić information content (AvgIpc) is 2.26. The molecule has 0 aromatic heterocycles. The van der Waals surface area contributed by atoms with Crippen molar-refractivity contribution in [2.45, 2.75) is 26.7 Å². The third-order valence-corrected chi connectivity index (χ3v) is 3.15. The smallest absolute Gasteiger partial charge is 0.133 e. The molecule has 0 saturated carbocycles. The number of rotatable bonds is 6. The zero-order valence-electron chi connectivity index (χ0n) is 9.70. The van der Waals surface area contributed by atoms with Gasteiger partial charge >= 0.3 is 0 Å². The Labute approximate surface area is 105 Å². The Morgan fingerprint density at radius 3 is 2.50 bits per heavy atom. The van der Waals surface area contributed by atoms with Crippen LogP contribution < -0.4 is 4.74 Å². The second kappa shape index (κ2) is 6.69. The lowest BCUT2D eigenvalue weighted by Crippen LogP contribution is -2.13. The van der Waals surface area contributed by atoms with Crippen LogP contribution in [0.3, 0.4) is 0 Å². The Hall–Kier alpha value is -0.830. The first kappa shape index (κ1) is 13.2. The summed E-state index contributed by atoms with van der Waals surface area (Å²) in [6.07, 6.45) is 1.68.